The molecule has 0 radical (unpaired) electrons. The first-order chi connectivity index (χ1) is 13.1. The van der Waals surface area contributed by atoms with Gasteiger partial charge in [0, 0.05) is 26.2 Å². The smallest absolute Gasteiger partial charge is 0.242 e. The fraction of sp³-hybridized carbons (Fsp3) is 0.435. The number of amides is 1. The maximum absolute atomic E-state index is 13.0. The van der Waals surface area contributed by atoms with E-state index in [9.17, 15) is 4.79 Å². The zero-order valence-electron chi connectivity index (χ0n) is 16.6. The number of benzene rings is 2. The lowest BCUT2D eigenvalue weighted by Gasteiger charge is -2.37. The number of carbonyl (C=O) groups excluding carboxylic acids is 1. The minimum absolute atomic E-state index is 0.175. The van der Waals surface area contributed by atoms with E-state index >= 15 is 0 Å². The summed E-state index contributed by atoms with van der Waals surface area (Å²) in [5, 5.41) is 0. The molecule has 2 aromatic rings. The van der Waals surface area contributed by atoms with Crippen LogP contribution in [-0.2, 0) is 16.1 Å². The number of carbonyl (C=O) groups is 1. The van der Waals surface area contributed by atoms with Crippen molar-refractivity contribution in [3.63, 3.8) is 0 Å². The summed E-state index contributed by atoms with van der Waals surface area (Å²) in [5.41, 5.74) is 4.96. The number of morpholine rings is 1. The molecule has 0 aromatic heterocycles. The summed E-state index contributed by atoms with van der Waals surface area (Å²) in [6.07, 6.45) is 0. The minimum atomic E-state index is -0.206. The maximum Gasteiger partial charge on any atom is 0.242 e. The molecule has 1 atom stereocenters. The van der Waals surface area contributed by atoms with Gasteiger partial charge in [0.25, 0.3) is 0 Å². The summed E-state index contributed by atoms with van der Waals surface area (Å²) in [7, 11) is 0. The van der Waals surface area contributed by atoms with Gasteiger partial charge in [-0.25, -0.2) is 0 Å². The van der Waals surface area contributed by atoms with Crippen LogP contribution in [0, 0.1) is 6.92 Å². The Morgan fingerprint density at radius 2 is 1.89 bits per heavy atom. The molecule has 0 saturated carbocycles. The highest BCUT2D eigenvalue weighted by Gasteiger charge is 2.32. The van der Waals surface area contributed by atoms with Gasteiger partial charge in [0.1, 0.15) is 6.04 Å². The van der Waals surface area contributed by atoms with Gasteiger partial charge in [-0.3, -0.25) is 9.69 Å². The summed E-state index contributed by atoms with van der Waals surface area (Å²) in [4.78, 5) is 17.2. The average molecular weight is 367 g/mol. The first-order valence-electron chi connectivity index (χ1n) is 9.89. The van der Waals surface area contributed by atoms with Crippen LogP contribution in [0.2, 0.25) is 0 Å². The molecule has 27 heavy (non-hydrogen) atoms. The topological polar surface area (TPSA) is 32.8 Å². The molecule has 1 aliphatic heterocycles. The van der Waals surface area contributed by atoms with Crippen molar-refractivity contribution in [1.29, 1.82) is 0 Å². The standard InChI is InChI=1S/C23H30N2O2/c1-4-24(5-2)23(26)22-17-27-14-13-25(22)16-20-15-18(3)11-12-21(20)19-9-7-6-8-10-19/h6-12,15,22H,4-5,13-14,16-17H2,1-3H3. The van der Waals surface area contributed by atoms with Crippen LogP contribution in [0.15, 0.2) is 48.5 Å². The van der Waals surface area contributed by atoms with Gasteiger partial charge in [-0.05, 0) is 37.5 Å². The van der Waals surface area contributed by atoms with Gasteiger partial charge in [0.05, 0.1) is 13.2 Å². The van der Waals surface area contributed by atoms with Crippen LogP contribution >= 0.6 is 0 Å². The SMILES string of the molecule is CCN(CC)C(=O)C1COCCN1Cc1cc(C)ccc1-c1ccccc1. The Morgan fingerprint density at radius 3 is 2.59 bits per heavy atom. The molecule has 0 spiro atoms. The summed E-state index contributed by atoms with van der Waals surface area (Å²) in [6.45, 7) is 10.3. The molecule has 2 aromatic carbocycles. The lowest BCUT2D eigenvalue weighted by atomic mass is 9.97. The van der Waals surface area contributed by atoms with Crippen LogP contribution < -0.4 is 0 Å². The van der Waals surface area contributed by atoms with Crippen molar-refractivity contribution in [3.8, 4) is 11.1 Å². The van der Waals surface area contributed by atoms with Gasteiger partial charge >= 0.3 is 0 Å². The summed E-state index contributed by atoms with van der Waals surface area (Å²) >= 11 is 0. The van der Waals surface area contributed by atoms with Crippen LogP contribution in [0.3, 0.4) is 0 Å². The van der Waals surface area contributed by atoms with Crippen molar-refractivity contribution >= 4 is 5.91 Å². The van der Waals surface area contributed by atoms with Gasteiger partial charge in [-0.1, -0.05) is 54.1 Å². The first kappa shape index (κ1) is 19.6. The fourth-order valence-electron chi connectivity index (χ4n) is 3.77. The quantitative estimate of drug-likeness (QED) is 0.781. The van der Waals surface area contributed by atoms with Gasteiger partial charge in [0.2, 0.25) is 5.91 Å². The van der Waals surface area contributed by atoms with E-state index in [2.05, 4.69) is 54.3 Å². The van der Waals surface area contributed by atoms with Gasteiger partial charge in [-0.15, -0.1) is 0 Å². The molecule has 144 valence electrons. The molecule has 1 heterocycles. The molecule has 0 bridgehead atoms. The third-order valence-corrected chi connectivity index (χ3v) is 5.32. The molecule has 3 rings (SSSR count). The Morgan fingerprint density at radius 1 is 1.15 bits per heavy atom. The molecule has 0 aliphatic carbocycles. The van der Waals surface area contributed by atoms with Gasteiger partial charge < -0.3 is 9.64 Å². The van der Waals surface area contributed by atoms with E-state index < -0.39 is 0 Å². The van der Waals surface area contributed by atoms with Crippen molar-refractivity contribution in [2.24, 2.45) is 0 Å². The Balaban J connectivity index is 1.88. The molecule has 1 fully saturated rings. The summed E-state index contributed by atoms with van der Waals surface area (Å²) in [5.74, 6) is 0.175. The van der Waals surface area contributed by atoms with Crippen molar-refractivity contribution in [3.05, 3.63) is 59.7 Å². The lowest BCUT2D eigenvalue weighted by molar-refractivity contribution is -0.143. The molecular formula is C23H30N2O2. The first-order valence-corrected chi connectivity index (χ1v) is 9.89. The lowest BCUT2D eigenvalue weighted by Crippen LogP contribution is -2.54. The number of likely N-dealkylation sites (N-methyl/N-ethyl adjacent to an activating group) is 1. The number of hydrogen-bond acceptors (Lipinski definition) is 3. The van der Waals surface area contributed by atoms with Crippen LogP contribution in [-0.4, -0.2) is 54.6 Å². The predicted octanol–water partition coefficient (Wildman–Crippen LogP) is 3.73. The molecule has 4 heteroatoms. The number of hydrogen-bond donors (Lipinski definition) is 0. The highest BCUT2D eigenvalue weighted by Crippen LogP contribution is 2.27. The predicted molar refractivity (Wildman–Crippen MR) is 110 cm³/mol. The Hall–Kier alpha value is -2.17. The third-order valence-electron chi connectivity index (χ3n) is 5.32. The summed E-state index contributed by atoms with van der Waals surface area (Å²) < 4.78 is 5.66. The maximum atomic E-state index is 13.0. The molecule has 1 aliphatic rings. The third kappa shape index (κ3) is 4.57. The van der Waals surface area contributed by atoms with E-state index in [1.165, 1.54) is 22.3 Å². The van der Waals surface area contributed by atoms with Gasteiger partial charge in [-0.2, -0.15) is 0 Å². The van der Waals surface area contributed by atoms with E-state index in [4.69, 9.17) is 4.74 Å². The monoisotopic (exact) mass is 366 g/mol. The second-order valence-corrected chi connectivity index (χ2v) is 7.10. The number of aryl methyl sites for hydroxylation is 1. The highest BCUT2D eigenvalue weighted by atomic mass is 16.5. The van der Waals surface area contributed by atoms with E-state index in [1.54, 1.807) is 0 Å². The van der Waals surface area contributed by atoms with Crippen molar-refractivity contribution in [1.82, 2.24) is 9.80 Å². The zero-order chi connectivity index (χ0) is 19.2. The molecule has 1 amide bonds. The van der Waals surface area contributed by atoms with E-state index in [-0.39, 0.29) is 11.9 Å². The average Bonchev–Trinajstić information content (AvgIpc) is 2.70. The van der Waals surface area contributed by atoms with Crippen LogP contribution in [0.4, 0.5) is 0 Å². The highest BCUT2D eigenvalue weighted by molar-refractivity contribution is 5.82. The minimum Gasteiger partial charge on any atom is -0.378 e. The molecular weight excluding hydrogens is 336 g/mol. The largest absolute Gasteiger partial charge is 0.378 e. The van der Waals surface area contributed by atoms with Crippen LogP contribution in [0.5, 0.6) is 0 Å². The van der Waals surface area contributed by atoms with Crippen molar-refractivity contribution in [2.45, 2.75) is 33.4 Å². The number of nitrogens with zero attached hydrogens (tertiary/aromatic N) is 2. The molecule has 1 unspecified atom stereocenters. The molecule has 4 nitrogen and oxygen atoms in total. The van der Waals surface area contributed by atoms with Crippen molar-refractivity contribution in [2.75, 3.05) is 32.8 Å². The second kappa shape index (κ2) is 9.16. The fourth-order valence-corrected chi connectivity index (χ4v) is 3.77. The Kier molecular flexibility index (Phi) is 6.64. The van der Waals surface area contributed by atoms with Crippen molar-refractivity contribution < 1.29 is 9.53 Å². The Bertz CT molecular complexity index is 756. The van der Waals surface area contributed by atoms with E-state index in [0.29, 0.717) is 13.2 Å². The Labute approximate surface area is 162 Å². The summed E-state index contributed by atoms with van der Waals surface area (Å²) in [6, 6.07) is 16.9. The number of ether oxygens (including phenoxy) is 1. The second-order valence-electron chi connectivity index (χ2n) is 7.10. The van der Waals surface area contributed by atoms with E-state index in [0.717, 1.165) is 26.2 Å². The van der Waals surface area contributed by atoms with Gasteiger partial charge in [0.15, 0.2) is 0 Å². The van der Waals surface area contributed by atoms with Crippen LogP contribution in [0.1, 0.15) is 25.0 Å². The number of rotatable bonds is 6. The molecule has 1 saturated heterocycles. The van der Waals surface area contributed by atoms with E-state index in [1.807, 2.05) is 24.8 Å². The van der Waals surface area contributed by atoms with Crippen LogP contribution in [0.25, 0.3) is 11.1 Å². The zero-order valence-corrected chi connectivity index (χ0v) is 16.6. The normalized spacial score (nSPS) is 17.7. The molecule has 0 N–H and O–H groups in total.